The highest BCUT2D eigenvalue weighted by Crippen LogP contribution is 2.26. The molecule has 0 saturated carbocycles. The minimum absolute atomic E-state index is 0.180. The number of hydrogen-bond acceptors (Lipinski definition) is 5. The van der Waals surface area contributed by atoms with Crippen molar-refractivity contribution in [3.8, 4) is 0 Å². The Balaban J connectivity index is 1.52. The van der Waals surface area contributed by atoms with Gasteiger partial charge >= 0.3 is 11.7 Å². The van der Waals surface area contributed by atoms with Crippen molar-refractivity contribution in [2.45, 2.75) is 39.3 Å². The van der Waals surface area contributed by atoms with E-state index in [4.69, 9.17) is 9.15 Å². The topological polar surface area (TPSA) is 63.0 Å². The van der Waals surface area contributed by atoms with Crippen molar-refractivity contribution >= 4 is 17.1 Å². The number of likely N-dealkylation sites (tertiary alicyclic amines) is 1. The molecular formula is C20H24N2O4. The molecule has 2 aromatic rings. The Labute approximate surface area is 152 Å². The van der Waals surface area contributed by atoms with Crippen molar-refractivity contribution in [2.75, 3.05) is 26.2 Å². The highest BCUT2D eigenvalue weighted by molar-refractivity contribution is 5.83. The van der Waals surface area contributed by atoms with Gasteiger partial charge in [-0.25, -0.2) is 9.59 Å². The normalized spacial score (nSPS) is 19.3. The fraction of sp³-hybridized carbons (Fsp3) is 0.500. The van der Waals surface area contributed by atoms with Crippen LogP contribution in [0.4, 0.5) is 4.79 Å². The third-order valence-corrected chi connectivity index (χ3v) is 5.44. The van der Waals surface area contributed by atoms with Crippen molar-refractivity contribution in [2.24, 2.45) is 0 Å². The van der Waals surface area contributed by atoms with Gasteiger partial charge in [0.25, 0.3) is 0 Å². The number of fused-ring (bicyclic) bond motifs is 1. The number of benzene rings is 1. The second-order valence-corrected chi connectivity index (χ2v) is 7.36. The number of ether oxygens (including phenoxy) is 1. The first-order chi connectivity index (χ1) is 12.5. The van der Waals surface area contributed by atoms with Gasteiger partial charge in [-0.05, 0) is 49.4 Å². The molecule has 1 amide bonds. The summed E-state index contributed by atoms with van der Waals surface area (Å²) in [7, 11) is 0. The molecule has 6 heteroatoms. The van der Waals surface area contributed by atoms with E-state index in [-0.39, 0.29) is 17.8 Å². The van der Waals surface area contributed by atoms with Gasteiger partial charge in [-0.2, -0.15) is 0 Å². The number of carbonyl (C=O) groups excluding carboxylic acids is 1. The molecule has 138 valence electrons. The van der Waals surface area contributed by atoms with Gasteiger partial charge in [-0.15, -0.1) is 0 Å². The fourth-order valence-electron chi connectivity index (χ4n) is 4.18. The summed E-state index contributed by atoms with van der Waals surface area (Å²) in [5.74, 6) is 0. The Hall–Kier alpha value is -2.34. The van der Waals surface area contributed by atoms with Crippen LogP contribution in [0.3, 0.4) is 0 Å². The van der Waals surface area contributed by atoms with Crippen molar-refractivity contribution in [1.29, 1.82) is 0 Å². The largest absolute Gasteiger partial charge is 0.448 e. The number of rotatable bonds is 3. The maximum Gasteiger partial charge on any atom is 0.410 e. The predicted molar refractivity (Wildman–Crippen MR) is 98.3 cm³/mol. The monoisotopic (exact) mass is 356 g/mol. The van der Waals surface area contributed by atoms with Gasteiger partial charge in [0, 0.05) is 37.1 Å². The molecule has 3 heterocycles. The molecular weight excluding hydrogens is 332 g/mol. The average molecular weight is 356 g/mol. The van der Waals surface area contributed by atoms with Crippen molar-refractivity contribution in [3.63, 3.8) is 0 Å². The molecule has 0 radical (unpaired) electrons. The van der Waals surface area contributed by atoms with Crippen molar-refractivity contribution < 1.29 is 13.9 Å². The number of nitrogens with zero attached hydrogens (tertiary/aromatic N) is 2. The lowest BCUT2D eigenvalue weighted by molar-refractivity contribution is 0.115. The Morgan fingerprint density at radius 2 is 1.85 bits per heavy atom. The average Bonchev–Trinajstić information content (AvgIpc) is 3.03. The number of carbonyl (C=O) groups is 1. The number of cyclic esters (lactones) is 1. The zero-order valence-corrected chi connectivity index (χ0v) is 15.3. The lowest BCUT2D eigenvalue weighted by Gasteiger charge is -2.35. The number of piperidine rings is 1. The Morgan fingerprint density at radius 3 is 2.54 bits per heavy atom. The van der Waals surface area contributed by atoms with E-state index in [2.05, 4.69) is 17.9 Å². The Kier molecular flexibility index (Phi) is 4.44. The predicted octanol–water partition coefficient (Wildman–Crippen LogP) is 2.83. The van der Waals surface area contributed by atoms with Crippen LogP contribution >= 0.6 is 0 Å². The smallest absolute Gasteiger partial charge is 0.410 e. The minimum Gasteiger partial charge on any atom is -0.448 e. The SMILES string of the molecule is Cc1cc(C)c2oc(=O)cc(CN3CCC(N4CCOC4=O)CC3)c2c1. The third-order valence-electron chi connectivity index (χ3n) is 5.44. The first-order valence-electron chi connectivity index (χ1n) is 9.21. The summed E-state index contributed by atoms with van der Waals surface area (Å²) < 4.78 is 10.5. The second kappa shape index (κ2) is 6.76. The highest BCUT2D eigenvalue weighted by atomic mass is 16.6. The molecule has 0 N–H and O–H groups in total. The maximum absolute atomic E-state index is 12.0. The summed E-state index contributed by atoms with van der Waals surface area (Å²) in [5, 5.41) is 1.02. The van der Waals surface area contributed by atoms with Gasteiger partial charge in [0.15, 0.2) is 0 Å². The zero-order chi connectivity index (χ0) is 18.3. The van der Waals surface area contributed by atoms with Crippen LogP contribution in [0.2, 0.25) is 0 Å². The molecule has 0 aliphatic carbocycles. The number of aryl methyl sites for hydroxylation is 2. The third kappa shape index (κ3) is 3.21. The van der Waals surface area contributed by atoms with Gasteiger partial charge < -0.3 is 14.1 Å². The van der Waals surface area contributed by atoms with Crippen LogP contribution in [0.5, 0.6) is 0 Å². The van der Waals surface area contributed by atoms with E-state index in [1.165, 1.54) is 0 Å². The number of amides is 1. The summed E-state index contributed by atoms with van der Waals surface area (Å²) in [6.07, 6.45) is 1.69. The van der Waals surface area contributed by atoms with Crippen LogP contribution in [-0.4, -0.2) is 48.2 Å². The molecule has 26 heavy (non-hydrogen) atoms. The molecule has 2 aliphatic rings. The second-order valence-electron chi connectivity index (χ2n) is 7.36. The van der Waals surface area contributed by atoms with Crippen LogP contribution in [0.15, 0.2) is 27.4 Å². The van der Waals surface area contributed by atoms with E-state index in [1.54, 1.807) is 6.07 Å². The van der Waals surface area contributed by atoms with Gasteiger partial charge in [0.2, 0.25) is 0 Å². The zero-order valence-electron chi connectivity index (χ0n) is 15.3. The van der Waals surface area contributed by atoms with Crippen molar-refractivity contribution in [3.05, 3.63) is 45.3 Å². The summed E-state index contributed by atoms with van der Waals surface area (Å²) in [6.45, 7) is 7.77. The van der Waals surface area contributed by atoms with E-state index < -0.39 is 0 Å². The lowest BCUT2D eigenvalue weighted by Crippen LogP contribution is -2.45. The van der Waals surface area contributed by atoms with Gasteiger partial charge in [-0.3, -0.25) is 4.90 Å². The van der Waals surface area contributed by atoms with Gasteiger partial charge in [0.05, 0.1) is 6.54 Å². The molecule has 0 atom stereocenters. The number of hydrogen-bond donors (Lipinski definition) is 0. The van der Waals surface area contributed by atoms with E-state index in [0.29, 0.717) is 18.7 Å². The molecule has 2 fully saturated rings. The Morgan fingerprint density at radius 1 is 1.08 bits per heavy atom. The lowest BCUT2D eigenvalue weighted by atomic mass is 10.0. The van der Waals surface area contributed by atoms with Crippen LogP contribution in [-0.2, 0) is 11.3 Å². The quantitative estimate of drug-likeness (QED) is 0.792. The summed E-state index contributed by atoms with van der Waals surface area (Å²) in [4.78, 5) is 27.9. The fourth-order valence-corrected chi connectivity index (χ4v) is 4.18. The van der Waals surface area contributed by atoms with Crippen LogP contribution < -0.4 is 5.63 Å². The van der Waals surface area contributed by atoms with Crippen LogP contribution in [0.1, 0.15) is 29.5 Å². The molecule has 6 nitrogen and oxygen atoms in total. The molecule has 2 saturated heterocycles. The molecule has 0 spiro atoms. The standard InChI is InChI=1S/C20H24N2O4/c1-13-9-14(2)19-17(10-13)15(11-18(23)26-19)12-21-5-3-16(4-6-21)22-7-8-25-20(22)24/h9-11,16H,3-8,12H2,1-2H3. The van der Waals surface area contributed by atoms with E-state index in [1.807, 2.05) is 17.9 Å². The highest BCUT2D eigenvalue weighted by Gasteiger charge is 2.32. The molecule has 0 unspecified atom stereocenters. The summed E-state index contributed by atoms with van der Waals surface area (Å²) in [6, 6.07) is 6.01. The van der Waals surface area contributed by atoms with E-state index in [0.717, 1.165) is 54.6 Å². The van der Waals surface area contributed by atoms with Crippen LogP contribution in [0.25, 0.3) is 11.0 Å². The maximum atomic E-state index is 12.0. The molecule has 1 aromatic heterocycles. The molecule has 1 aromatic carbocycles. The molecule has 0 bridgehead atoms. The minimum atomic E-state index is -0.297. The molecule has 2 aliphatic heterocycles. The van der Waals surface area contributed by atoms with Gasteiger partial charge in [0.1, 0.15) is 12.2 Å². The first kappa shape index (κ1) is 17.1. The van der Waals surface area contributed by atoms with Gasteiger partial charge in [-0.1, -0.05) is 6.07 Å². The van der Waals surface area contributed by atoms with E-state index >= 15 is 0 Å². The van der Waals surface area contributed by atoms with Crippen molar-refractivity contribution in [1.82, 2.24) is 9.80 Å². The van der Waals surface area contributed by atoms with Crippen LogP contribution in [0, 0.1) is 13.8 Å². The summed E-state index contributed by atoms with van der Waals surface area (Å²) in [5.41, 5.74) is 3.56. The first-order valence-corrected chi connectivity index (χ1v) is 9.21. The molecule has 4 rings (SSSR count). The Bertz CT molecular complexity index is 897. The van der Waals surface area contributed by atoms with E-state index in [9.17, 15) is 9.59 Å². The summed E-state index contributed by atoms with van der Waals surface area (Å²) >= 11 is 0.